The summed E-state index contributed by atoms with van der Waals surface area (Å²) in [5.74, 6) is -0.281. The molecule has 0 bridgehead atoms. The van der Waals surface area contributed by atoms with Gasteiger partial charge < -0.3 is 9.47 Å². The molecule has 3 heteroatoms. The lowest BCUT2D eigenvalue weighted by molar-refractivity contribution is -0.144. The smallest absolute Gasteiger partial charge is 0.372 e. The van der Waals surface area contributed by atoms with E-state index in [1.807, 2.05) is 0 Å². The van der Waals surface area contributed by atoms with Crippen LogP contribution in [0.4, 0.5) is 0 Å². The number of esters is 1. The fourth-order valence-electron chi connectivity index (χ4n) is 1.64. The van der Waals surface area contributed by atoms with Gasteiger partial charge in [0.1, 0.15) is 0 Å². The first-order valence-electron chi connectivity index (χ1n) is 5.26. The molecule has 0 radical (unpaired) electrons. The second-order valence-electron chi connectivity index (χ2n) is 3.52. The molecule has 0 amide bonds. The highest BCUT2D eigenvalue weighted by Crippen LogP contribution is 2.22. The van der Waals surface area contributed by atoms with E-state index < -0.39 is 5.97 Å². The molecule has 1 saturated carbocycles. The summed E-state index contributed by atoms with van der Waals surface area (Å²) in [6, 6.07) is 0. The Bertz CT molecular complexity index is 205. The van der Waals surface area contributed by atoms with Crippen LogP contribution in [0.2, 0.25) is 0 Å². The molecule has 80 valence electrons. The second-order valence-corrected chi connectivity index (χ2v) is 3.52. The van der Waals surface area contributed by atoms with Gasteiger partial charge in [0, 0.05) is 0 Å². The number of rotatable bonds is 4. The molecule has 0 atom stereocenters. The van der Waals surface area contributed by atoms with Crippen LogP contribution in [0.25, 0.3) is 0 Å². The highest BCUT2D eigenvalue weighted by Gasteiger charge is 2.18. The van der Waals surface area contributed by atoms with Gasteiger partial charge >= 0.3 is 5.97 Å². The van der Waals surface area contributed by atoms with Gasteiger partial charge in [0.15, 0.2) is 5.76 Å². The van der Waals surface area contributed by atoms with Gasteiger partial charge in [-0.2, -0.15) is 0 Å². The summed E-state index contributed by atoms with van der Waals surface area (Å²) in [5.41, 5.74) is 0. The molecule has 3 nitrogen and oxygen atoms in total. The van der Waals surface area contributed by atoms with Crippen molar-refractivity contribution in [3.63, 3.8) is 0 Å². The maximum atomic E-state index is 11.2. The molecule has 14 heavy (non-hydrogen) atoms. The molecule has 0 aromatic carbocycles. The van der Waals surface area contributed by atoms with Crippen molar-refractivity contribution in [2.75, 3.05) is 6.61 Å². The zero-order valence-electron chi connectivity index (χ0n) is 8.75. The van der Waals surface area contributed by atoms with Gasteiger partial charge in [-0.15, -0.1) is 0 Å². The number of hydrogen-bond donors (Lipinski definition) is 0. The lowest BCUT2D eigenvalue weighted by Crippen LogP contribution is -2.20. The maximum Gasteiger partial charge on any atom is 0.372 e. The van der Waals surface area contributed by atoms with Crippen LogP contribution in [-0.2, 0) is 14.3 Å². The SMILES string of the molecule is C=C(OC1CCCCC1)C(=O)OCC. The first kappa shape index (κ1) is 11.1. The molecule has 0 N–H and O–H groups in total. The summed E-state index contributed by atoms with van der Waals surface area (Å²) in [7, 11) is 0. The third-order valence-corrected chi connectivity index (χ3v) is 2.36. The fourth-order valence-corrected chi connectivity index (χ4v) is 1.64. The first-order chi connectivity index (χ1) is 6.74. The van der Waals surface area contributed by atoms with E-state index in [1.54, 1.807) is 6.92 Å². The molecule has 1 fully saturated rings. The summed E-state index contributed by atoms with van der Waals surface area (Å²) in [5, 5.41) is 0. The zero-order chi connectivity index (χ0) is 10.4. The largest absolute Gasteiger partial charge is 0.484 e. The Morgan fingerprint density at radius 1 is 1.36 bits per heavy atom. The van der Waals surface area contributed by atoms with Crippen LogP contribution in [0, 0.1) is 0 Å². The van der Waals surface area contributed by atoms with Gasteiger partial charge in [-0.3, -0.25) is 0 Å². The third-order valence-electron chi connectivity index (χ3n) is 2.36. The van der Waals surface area contributed by atoms with Crippen molar-refractivity contribution in [3.05, 3.63) is 12.3 Å². The van der Waals surface area contributed by atoms with Crippen molar-refractivity contribution in [3.8, 4) is 0 Å². The number of hydrogen-bond acceptors (Lipinski definition) is 3. The third kappa shape index (κ3) is 3.40. The lowest BCUT2D eigenvalue weighted by Gasteiger charge is -2.23. The normalized spacial score (nSPS) is 17.5. The highest BCUT2D eigenvalue weighted by atomic mass is 16.6. The monoisotopic (exact) mass is 198 g/mol. The Balaban J connectivity index is 2.28. The second kappa shape index (κ2) is 5.68. The van der Waals surface area contributed by atoms with E-state index in [2.05, 4.69) is 6.58 Å². The van der Waals surface area contributed by atoms with E-state index in [9.17, 15) is 4.79 Å². The molecule has 1 aliphatic rings. The van der Waals surface area contributed by atoms with Gasteiger partial charge in [-0.25, -0.2) is 4.79 Å². The predicted molar refractivity (Wildman–Crippen MR) is 53.7 cm³/mol. The summed E-state index contributed by atoms with van der Waals surface area (Å²) >= 11 is 0. The average Bonchev–Trinajstić information content (AvgIpc) is 2.19. The van der Waals surface area contributed by atoms with Crippen LogP contribution >= 0.6 is 0 Å². The van der Waals surface area contributed by atoms with E-state index in [1.165, 1.54) is 19.3 Å². The molecule has 0 aliphatic heterocycles. The summed E-state index contributed by atoms with van der Waals surface area (Å²) < 4.78 is 10.2. The van der Waals surface area contributed by atoms with Crippen LogP contribution in [0.15, 0.2) is 12.3 Å². The molecule has 1 rings (SSSR count). The molecule has 0 spiro atoms. The summed E-state index contributed by atoms with van der Waals surface area (Å²) in [6.07, 6.45) is 5.85. The topological polar surface area (TPSA) is 35.5 Å². The molecule has 0 aromatic rings. The molecule has 0 heterocycles. The van der Waals surface area contributed by atoms with Crippen LogP contribution in [0.5, 0.6) is 0 Å². The molecule has 0 unspecified atom stereocenters. The van der Waals surface area contributed by atoms with Gasteiger partial charge in [-0.1, -0.05) is 6.42 Å². The maximum absolute atomic E-state index is 11.2. The minimum Gasteiger partial charge on any atom is -0.484 e. The standard InChI is InChI=1S/C11H18O3/c1-3-13-11(12)9(2)14-10-7-5-4-6-8-10/h10H,2-8H2,1H3. The van der Waals surface area contributed by atoms with E-state index in [0.29, 0.717) is 6.61 Å². The molecular formula is C11H18O3. The minimum atomic E-state index is -0.432. The summed E-state index contributed by atoms with van der Waals surface area (Å²) in [4.78, 5) is 11.2. The van der Waals surface area contributed by atoms with E-state index in [4.69, 9.17) is 9.47 Å². The Morgan fingerprint density at radius 3 is 2.57 bits per heavy atom. The molecule has 0 aromatic heterocycles. The van der Waals surface area contributed by atoms with Gasteiger partial charge in [0.25, 0.3) is 0 Å². The molecule has 1 aliphatic carbocycles. The number of ether oxygens (including phenoxy) is 2. The fraction of sp³-hybridized carbons (Fsp3) is 0.727. The Labute approximate surface area is 85.1 Å². The van der Waals surface area contributed by atoms with Crippen LogP contribution < -0.4 is 0 Å². The van der Waals surface area contributed by atoms with Gasteiger partial charge in [0.2, 0.25) is 0 Å². The van der Waals surface area contributed by atoms with Gasteiger partial charge in [-0.05, 0) is 39.2 Å². The van der Waals surface area contributed by atoms with E-state index >= 15 is 0 Å². The van der Waals surface area contributed by atoms with Crippen LogP contribution in [0.3, 0.4) is 0 Å². The van der Waals surface area contributed by atoms with Crippen molar-refractivity contribution in [1.29, 1.82) is 0 Å². The zero-order valence-corrected chi connectivity index (χ0v) is 8.75. The molecular weight excluding hydrogens is 180 g/mol. The van der Waals surface area contributed by atoms with Crippen molar-refractivity contribution in [2.45, 2.75) is 45.1 Å². The van der Waals surface area contributed by atoms with Crippen molar-refractivity contribution < 1.29 is 14.3 Å². The van der Waals surface area contributed by atoms with Crippen molar-refractivity contribution in [1.82, 2.24) is 0 Å². The van der Waals surface area contributed by atoms with E-state index in [-0.39, 0.29) is 11.9 Å². The van der Waals surface area contributed by atoms with Crippen LogP contribution in [-0.4, -0.2) is 18.7 Å². The number of carbonyl (C=O) groups is 1. The highest BCUT2D eigenvalue weighted by molar-refractivity contribution is 5.85. The van der Waals surface area contributed by atoms with Crippen molar-refractivity contribution in [2.24, 2.45) is 0 Å². The Morgan fingerprint density at radius 2 is 2.00 bits per heavy atom. The molecule has 0 saturated heterocycles. The minimum absolute atomic E-state index is 0.152. The Kier molecular flexibility index (Phi) is 4.50. The predicted octanol–water partition coefficient (Wildman–Crippen LogP) is 2.41. The number of carbonyl (C=O) groups excluding carboxylic acids is 1. The van der Waals surface area contributed by atoms with E-state index in [0.717, 1.165) is 12.8 Å². The van der Waals surface area contributed by atoms with Crippen molar-refractivity contribution >= 4 is 5.97 Å². The summed E-state index contributed by atoms with van der Waals surface area (Å²) in [6.45, 7) is 5.71. The van der Waals surface area contributed by atoms with Gasteiger partial charge in [0.05, 0.1) is 12.7 Å². The first-order valence-corrected chi connectivity index (χ1v) is 5.26. The quantitative estimate of drug-likeness (QED) is 0.395. The van der Waals surface area contributed by atoms with Crippen LogP contribution in [0.1, 0.15) is 39.0 Å². The average molecular weight is 198 g/mol. The lowest BCUT2D eigenvalue weighted by atomic mass is 9.98. The Hall–Kier alpha value is -0.990.